The number of carbonyl (C=O) groups is 1. The summed E-state index contributed by atoms with van der Waals surface area (Å²) in [6.07, 6.45) is 4.92. The van der Waals surface area contributed by atoms with Gasteiger partial charge in [-0.1, -0.05) is 0 Å². The molecule has 1 rings (SSSR count). The number of likely N-dealkylation sites (tertiary alicyclic amines) is 1. The van der Waals surface area contributed by atoms with Crippen LogP contribution >= 0.6 is 0 Å². The third-order valence-electron chi connectivity index (χ3n) is 2.34. The second-order valence-electron chi connectivity index (χ2n) is 3.19. The summed E-state index contributed by atoms with van der Waals surface area (Å²) < 4.78 is 0. The van der Waals surface area contributed by atoms with Gasteiger partial charge in [-0.15, -0.1) is 6.42 Å². The first-order valence-corrected chi connectivity index (χ1v) is 4.23. The Morgan fingerprint density at radius 2 is 2.38 bits per heavy atom. The Balaban J connectivity index is 2.55. The zero-order chi connectivity index (χ0) is 9.84. The third kappa shape index (κ3) is 2.20. The van der Waals surface area contributed by atoms with Gasteiger partial charge in [0.15, 0.2) is 0 Å². The van der Waals surface area contributed by atoms with Crippen molar-refractivity contribution < 1.29 is 15.0 Å². The van der Waals surface area contributed by atoms with E-state index in [1.54, 1.807) is 0 Å². The Morgan fingerprint density at radius 3 is 2.92 bits per heavy atom. The summed E-state index contributed by atoms with van der Waals surface area (Å²) in [6, 6.07) is 0. The molecule has 0 aliphatic carbocycles. The number of amides is 1. The molecular weight excluding hydrogens is 170 g/mol. The molecular formula is C9H13NO3. The number of nitrogens with zero attached hydrogens (tertiary/aromatic N) is 1. The van der Waals surface area contributed by atoms with E-state index >= 15 is 0 Å². The lowest BCUT2D eigenvalue weighted by molar-refractivity contribution is -0.129. The summed E-state index contributed by atoms with van der Waals surface area (Å²) in [4.78, 5) is 12.5. The molecule has 1 fully saturated rings. The molecule has 0 radical (unpaired) electrons. The van der Waals surface area contributed by atoms with Gasteiger partial charge in [0, 0.05) is 19.0 Å². The van der Waals surface area contributed by atoms with Crippen molar-refractivity contribution in [1.29, 1.82) is 0 Å². The van der Waals surface area contributed by atoms with E-state index in [0.717, 1.165) is 0 Å². The minimum absolute atomic E-state index is 0.116. The van der Waals surface area contributed by atoms with Crippen LogP contribution < -0.4 is 0 Å². The lowest BCUT2D eigenvalue weighted by Crippen LogP contribution is -2.46. The summed E-state index contributed by atoms with van der Waals surface area (Å²) in [7, 11) is 0. The minimum atomic E-state index is -0.521. The molecule has 0 aromatic carbocycles. The maximum absolute atomic E-state index is 11.1. The maximum atomic E-state index is 11.1. The van der Waals surface area contributed by atoms with Crippen LogP contribution in [-0.4, -0.2) is 46.8 Å². The lowest BCUT2D eigenvalue weighted by Gasteiger charge is -2.34. The van der Waals surface area contributed by atoms with Crippen LogP contribution in [0.15, 0.2) is 0 Å². The maximum Gasteiger partial charge on any atom is 0.298 e. The highest BCUT2D eigenvalue weighted by Gasteiger charge is 2.28. The SMILES string of the molecule is C#CC(=O)N1CCC(O)C(CO)C1. The van der Waals surface area contributed by atoms with Gasteiger partial charge in [0.2, 0.25) is 0 Å². The van der Waals surface area contributed by atoms with Crippen molar-refractivity contribution in [3.63, 3.8) is 0 Å². The van der Waals surface area contributed by atoms with E-state index in [-0.39, 0.29) is 18.4 Å². The first-order valence-electron chi connectivity index (χ1n) is 4.23. The van der Waals surface area contributed by atoms with Gasteiger partial charge in [-0.2, -0.15) is 0 Å². The summed E-state index contributed by atoms with van der Waals surface area (Å²) in [5.41, 5.74) is 0. The van der Waals surface area contributed by atoms with Crippen LogP contribution in [0.25, 0.3) is 0 Å². The molecule has 4 heteroatoms. The number of aliphatic hydroxyl groups is 2. The van der Waals surface area contributed by atoms with Gasteiger partial charge >= 0.3 is 0 Å². The molecule has 0 aromatic heterocycles. The van der Waals surface area contributed by atoms with Crippen LogP contribution in [0.1, 0.15) is 6.42 Å². The van der Waals surface area contributed by atoms with E-state index in [0.29, 0.717) is 19.5 Å². The van der Waals surface area contributed by atoms with Gasteiger partial charge in [-0.3, -0.25) is 4.79 Å². The molecule has 0 bridgehead atoms. The average molecular weight is 183 g/mol. The highest BCUT2D eigenvalue weighted by atomic mass is 16.3. The number of carbonyl (C=O) groups excluding carboxylic acids is 1. The number of aliphatic hydroxyl groups excluding tert-OH is 2. The lowest BCUT2D eigenvalue weighted by atomic mass is 9.95. The molecule has 0 spiro atoms. The van der Waals surface area contributed by atoms with Crippen molar-refractivity contribution in [1.82, 2.24) is 4.90 Å². The molecule has 0 saturated carbocycles. The molecule has 2 N–H and O–H groups in total. The van der Waals surface area contributed by atoms with E-state index < -0.39 is 6.10 Å². The molecule has 2 unspecified atom stereocenters. The molecule has 0 aromatic rings. The summed E-state index contributed by atoms with van der Waals surface area (Å²) in [6.45, 7) is 0.705. The average Bonchev–Trinajstić information content (AvgIpc) is 2.17. The number of rotatable bonds is 1. The summed E-state index contributed by atoms with van der Waals surface area (Å²) >= 11 is 0. The fourth-order valence-electron chi connectivity index (χ4n) is 1.48. The normalized spacial score (nSPS) is 28.2. The van der Waals surface area contributed by atoms with Gasteiger partial charge in [0.1, 0.15) is 0 Å². The number of piperidine rings is 1. The van der Waals surface area contributed by atoms with Crippen molar-refractivity contribution in [3.05, 3.63) is 0 Å². The largest absolute Gasteiger partial charge is 0.396 e. The fraction of sp³-hybridized carbons (Fsp3) is 0.667. The Morgan fingerprint density at radius 1 is 1.69 bits per heavy atom. The molecule has 1 amide bonds. The van der Waals surface area contributed by atoms with Gasteiger partial charge in [-0.25, -0.2) is 0 Å². The van der Waals surface area contributed by atoms with Crippen LogP contribution in [0.4, 0.5) is 0 Å². The standard InChI is InChI=1S/C9H13NO3/c1-2-9(13)10-4-3-8(12)7(5-10)6-11/h1,7-8,11-12H,3-6H2. The Kier molecular flexibility index (Phi) is 3.29. The van der Waals surface area contributed by atoms with E-state index in [4.69, 9.17) is 11.5 Å². The number of terminal acetylenes is 1. The predicted molar refractivity (Wildman–Crippen MR) is 46.6 cm³/mol. The third-order valence-corrected chi connectivity index (χ3v) is 2.34. The quantitative estimate of drug-likeness (QED) is 0.503. The predicted octanol–water partition coefficient (Wildman–Crippen LogP) is -1.18. The van der Waals surface area contributed by atoms with Crippen LogP contribution in [-0.2, 0) is 4.79 Å². The minimum Gasteiger partial charge on any atom is -0.396 e. The van der Waals surface area contributed by atoms with Crippen LogP contribution in [0, 0.1) is 18.3 Å². The van der Waals surface area contributed by atoms with E-state index in [9.17, 15) is 9.90 Å². The van der Waals surface area contributed by atoms with Crippen molar-refractivity contribution in [2.75, 3.05) is 19.7 Å². The molecule has 72 valence electrons. The van der Waals surface area contributed by atoms with Gasteiger partial charge < -0.3 is 15.1 Å². The molecule has 1 aliphatic rings. The molecule has 13 heavy (non-hydrogen) atoms. The Labute approximate surface area is 77.2 Å². The Hall–Kier alpha value is -1.05. The van der Waals surface area contributed by atoms with Crippen LogP contribution in [0.3, 0.4) is 0 Å². The molecule has 4 nitrogen and oxygen atoms in total. The smallest absolute Gasteiger partial charge is 0.298 e. The van der Waals surface area contributed by atoms with E-state index in [2.05, 4.69) is 0 Å². The van der Waals surface area contributed by atoms with Gasteiger partial charge in [0.05, 0.1) is 12.7 Å². The molecule has 1 heterocycles. The molecule has 1 saturated heterocycles. The van der Waals surface area contributed by atoms with E-state index in [1.165, 1.54) is 4.90 Å². The first-order chi connectivity index (χ1) is 6.19. The van der Waals surface area contributed by atoms with Crippen molar-refractivity contribution in [3.8, 4) is 12.3 Å². The topological polar surface area (TPSA) is 60.8 Å². The molecule has 1 aliphatic heterocycles. The second kappa shape index (κ2) is 4.26. The van der Waals surface area contributed by atoms with Crippen molar-refractivity contribution in [2.45, 2.75) is 12.5 Å². The number of hydrogen-bond acceptors (Lipinski definition) is 3. The summed E-state index contributed by atoms with van der Waals surface area (Å²) in [5.74, 6) is 1.39. The summed E-state index contributed by atoms with van der Waals surface area (Å²) in [5, 5.41) is 18.3. The van der Waals surface area contributed by atoms with Crippen molar-refractivity contribution in [2.24, 2.45) is 5.92 Å². The second-order valence-corrected chi connectivity index (χ2v) is 3.19. The fourth-order valence-corrected chi connectivity index (χ4v) is 1.48. The van der Waals surface area contributed by atoms with E-state index in [1.807, 2.05) is 5.92 Å². The van der Waals surface area contributed by atoms with Crippen LogP contribution in [0.2, 0.25) is 0 Å². The van der Waals surface area contributed by atoms with Crippen molar-refractivity contribution >= 4 is 5.91 Å². The van der Waals surface area contributed by atoms with Crippen LogP contribution in [0.5, 0.6) is 0 Å². The van der Waals surface area contributed by atoms with Gasteiger partial charge in [0.25, 0.3) is 5.91 Å². The van der Waals surface area contributed by atoms with Gasteiger partial charge in [-0.05, 0) is 12.3 Å². The monoisotopic (exact) mass is 183 g/mol. The molecule has 2 atom stereocenters. The number of hydrogen-bond donors (Lipinski definition) is 2. The Bertz CT molecular complexity index is 234. The zero-order valence-corrected chi connectivity index (χ0v) is 7.31. The highest BCUT2D eigenvalue weighted by Crippen LogP contribution is 2.16. The zero-order valence-electron chi connectivity index (χ0n) is 7.31. The first kappa shape index (κ1) is 10.0. The highest BCUT2D eigenvalue weighted by molar-refractivity contribution is 5.92.